The molecule has 0 saturated heterocycles. The van der Waals surface area contributed by atoms with Crippen molar-refractivity contribution in [1.29, 1.82) is 0 Å². The summed E-state index contributed by atoms with van der Waals surface area (Å²) in [4.78, 5) is 0. The maximum Gasteiger partial charge on any atom is 0.188 e. The molecule has 0 unspecified atom stereocenters. The van der Waals surface area contributed by atoms with Crippen molar-refractivity contribution >= 4 is 23.2 Å². The number of benzene rings is 4. The van der Waals surface area contributed by atoms with Gasteiger partial charge in [-0.05, 0) is 54.1 Å². The Morgan fingerprint density at radius 1 is 0.543 bits per heavy atom. The van der Waals surface area contributed by atoms with Gasteiger partial charge in [0.15, 0.2) is 25.1 Å². The Labute approximate surface area is 218 Å². The molecule has 0 atom stereocenters. The third kappa shape index (κ3) is 6.31. The first-order chi connectivity index (χ1) is 16.8. The number of rotatable bonds is 11. The average Bonchev–Trinajstić information content (AvgIpc) is 2.91. The maximum atomic E-state index is 5.87. The van der Waals surface area contributed by atoms with Gasteiger partial charge in [-0.2, -0.15) is 0 Å². The van der Waals surface area contributed by atoms with Gasteiger partial charge in [0.25, 0.3) is 0 Å². The molecular formula is C29H30BrO4P. The molecule has 0 amide bonds. The van der Waals surface area contributed by atoms with Gasteiger partial charge in [0.05, 0.1) is 6.16 Å². The molecule has 0 aliphatic rings. The summed E-state index contributed by atoms with van der Waals surface area (Å²) in [6.45, 7) is 0.292. The summed E-state index contributed by atoms with van der Waals surface area (Å²) in [5, 5.41) is 4.02. The molecule has 4 aromatic rings. The lowest BCUT2D eigenvalue weighted by Gasteiger charge is -2.28. The topological polar surface area (TPSA) is 36.9 Å². The zero-order valence-corrected chi connectivity index (χ0v) is 22.5. The standard InChI is InChI=1S/C29H30O4P.BrH/c1-30-22-32-28-19-18-24(20-29(28)33-23-31-2)21-34(25-12-6-3-7-13-25,26-14-8-4-9-15-26)27-16-10-5-11-17-27;/h3-20H,21-23H2,1-2H3;1H/q+1;/p-1. The van der Waals surface area contributed by atoms with E-state index in [1.807, 2.05) is 6.07 Å². The lowest BCUT2D eigenvalue weighted by atomic mass is 10.2. The van der Waals surface area contributed by atoms with Crippen molar-refractivity contribution in [2.45, 2.75) is 6.16 Å². The van der Waals surface area contributed by atoms with Gasteiger partial charge in [-0.15, -0.1) is 0 Å². The Balaban J connectivity index is 0.00000342. The first kappa shape index (κ1) is 26.9. The van der Waals surface area contributed by atoms with Gasteiger partial charge < -0.3 is 35.9 Å². The minimum atomic E-state index is -2.01. The lowest BCUT2D eigenvalue weighted by Crippen LogP contribution is -3.00. The highest BCUT2D eigenvalue weighted by Crippen LogP contribution is 2.58. The molecule has 0 spiro atoms. The van der Waals surface area contributed by atoms with Gasteiger partial charge in [0.2, 0.25) is 0 Å². The predicted molar refractivity (Wildman–Crippen MR) is 140 cm³/mol. The predicted octanol–water partition coefficient (Wildman–Crippen LogP) is 2.15. The zero-order chi connectivity index (χ0) is 23.6. The summed E-state index contributed by atoms with van der Waals surface area (Å²) in [5.74, 6) is 1.27. The van der Waals surface area contributed by atoms with Gasteiger partial charge in [-0.3, -0.25) is 0 Å². The van der Waals surface area contributed by atoms with Crippen LogP contribution in [-0.4, -0.2) is 27.8 Å². The largest absolute Gasteiger partial charge is 1.00 e. The van der Waals surface area contributed by atoms with Gasteiger partial charge in [0.1, 0.15) is 23.2 Å². The van der Waals surface area contributed by atoms with E-state index >= 15 is 0 Å². The molecule has 0 N–H and O–H groups in total. The van der Waals surface area contributed by atoms with E-state index in [-0.39, 0.29) is 30.6 Å². The summed E-state index contributed by atoms with van der Waals surface area (Å²) in [7, 11) is 1.20. The molecule has 35 heavy (non-hydrogen) atoms. The van der Waals surface area contributed by atoms with Crippen LogP contribution < -0.4 is 42.4 Å². The molecule has 0 aliphatic heterocycles. The van der Waals surface area contributed by atoms with Gasteiger partial charge in [-0.25, -0.2) is 0 Å². The number of methoxy groups -OCH3 is 2. The van der Waals surface area contributed by atoms with Crippen LogP contribution in [0.15, 0.2) is 109 Å². The maximum absolute atomic E-state index is 5.87. The second-order valence-corrected chi connectivity index (χ2v) is 11.3. The molecule has 4 nitrogen and oxygen atoms in total. The van der Waals surface area contributed by atoms with E-state index < -0.39 is 7.26 Å². The summed E-state index contributed by atoms with van der Waals surface area (Å²) in [5.41, 5.74) is 1.17. The van der Waals surface area contributed by atoms with Crippen molar-refractivity contribution in [2.24, 2.45) is 0 Å². The van der Waals surface area contributed by atoms with Gasteiger partial charge in [-0.1, -0.05) is 60.7 Å². The van der Waals surface area contributed by atoms with E-state index in [1.165, 1.54) is 21.5 Å². The van der Waals surface area contributed by atoms with Crippen LogP contribution in [0, 0.1) is 0 Å². The fourth-order valence-corrected chi connectivity index (χ4v) is 8.40. The second kappa shape index (κ2) is 13.4. The Kier molecular flexibility index (Phi) is 10.3. The first-order valence-electron chi connectivity index (χ1n) is 11.2. The highest BCUT2D eigenvalue weighted by atomic mass is 79.9. The van der Waals surface area contributed by atoms with Crippen molar-refractivity contribution in [3.63, 3.8) is 0 Å². The average molecular weight is 553 g/mol. The fourth-order valence-electron chi connectivity index (χ4n) is 4.17. The Hall–Kier alpha value is -2.69. The smallest absolute Gasteiger partial charge is 0.188 e. The van der Waals surface area contributed by atoms with Crippen LogP contribution >= 0.6 is 7.26 Å². The van der Waals surface area contributed by atoms with Crippen molar-refractivity contribution < 1.29 is 35.9 Å². The fraction of sp³-hybridized carbons (Fsp3) is 0.172. The van der Waals surface area contributed by atoms with E-state index in [9.17, 15) is 0 Å². The van der Waals surface area contributed by atoms with E-state index in [4.69, 9.17) is 18.9 Å². The number of hydrogen-bond acceptors (Lipinski definition) is 4. The monoisotopic (exact) mass is 552 g/mol. The number of hydrogen-bond donors (Lipinski definition) is 0. The Morgan fingerprint density at radius 2 is 0.971 bits per heavy atom. The van der Waals surface area contributed by atoms with E-state index in [1.54, 1.807) is 14.2 Å². The Morgan fingerprint density at radius 3 is 1.40 bits per heavy atom. The van der Waals surface area contributed by atoms with Crippen LogP contribution in [0.25, 0.3) is 0 Å². The lowest BCUT2D eigenvalue weighted by molar-refractivity contribution is -0.0000115. The van der Waals surface area contributed by atoms with E-state index in [2.05, 4.69) is 103 Å². The zero-order valence-electron chi connectivity index (χ0n) is 20.0. The molecule has 0 aliphatic carbocycles. The summed E-state index contributed by atoms with van der Waals surface area (Å²) < 4.78 is 21.8. The molecule has 0 aromatic heterocycles. The van der Waals surface area contributed by atoms with Crippen LogP contribution in [0.1, 0.15) is 5.56 Å². The summed E-state index contributed by atoms with van der Waals surface area (Å²) in [6, 6.07) is 38.7. The normalized spacial score (nSPS) is 10.9. The molecule has 182 valence electrons. The van der Waals surface area contributed by atoms with Crippen LogP contribution in [0.5, 0.6) is 11.5 Å². The quantitative estimate of drug-likeness (QED) is 0.211. The molecular weight excluding hydrogens is 523 g/mol. The third-order valence-electron chi connectivity index (χ3n) is 5.68. The van der Waals surface area contributed by atoms with Crippen LogP contribution in [0.4, 0.5) is 0 Å². The molecule has 6 heteroatoms. The van der Waals surface area contributed by atoms with Gasteiger partial charge >= 0.3 is 0 Å². The third-order valence-corrected chi connectivity index (χ3v) is 10.1. The van der Waals surface area contributed by atoms with Crippen molar-refractivity contribution in [3.05, 3.63) is 115 Å². The van der Waals surface area contributed by atoms with Crippen LogP contribution in [0.3, 0.4) is 0 Å². The molecule has 0 saturated carbocycles. The SMILES string of the molecule is COCOc1ccc(C[P+](c2ccccc2)(c2ccccc2)c2ccccc2)cc1OCOC.[Br-]. The first-order valence-corrected chi connectivity index (χ1v) is 13.2. The van der Waals surface area contributed by atoms with Crippen molar-refractivity contribution in [3.8, 4) is 11.5 Å². The van der Waals surface area contributed by atoms with E-state index in [0.717, 1.165) is 6.16 Å². The summed E-state index contributed by atoms with van der Waals surface area (Å²) >= 11 is 0. The second-order valence-electron chi connectivity index (χ2n) is 7.86. The number of ether oxygens (including phenoxy) is 4. The minimum Gasteiger partial charge on any atom is -1.00 e. The number of halogens is 1. The Bertz CT molecular complexity index is 1060. The molecule has 0 bridgehead atoms. The summed E-state index contributed by atoms with van der Waals surface area (Å²) in [6.07, 6.45) is 0.846. The molecule has 0 heterocycles. The van der Waals surface area contributed by atoms with Crippen molar-refractivity contribution in [1.82, 2.24) is 0 Å². The molecule has 0 fully saturated rings. The molecule has 4 aromatic carbocycles. The van der Waals surface area contributed by atoms with Crippen LogP contribution in [0.2, 0.25) is 0 Å². The highest BCUT2D eigenvalue weighted by molar-refractivity contribution is 7.95. The molecule has 0 radical (unpaired) electrons. The van der Waals surface area contributed by atoms with Gasteiger partial charge in [0, 0.05) is 14.2 Å². The highest BCUT2D eigenvalue weighted by Gasteiger charge is 2.45. The molecule has 4 rings (SSSR count). The minimum absolute atomic E-state index is 0. The van der Waals surface area contributed by atoms with Crippen LogP contribution in [-0.2, 0) is 15.6 Å². The van der Waals surface area contributed by atoms with Crippen molar-refractivity contribution in [2.75, 3.05) is 27.8 Å². The van der Waals surface area contributed by atoms with E-state index in [0.29, 0.717) is 11.5 Å².